The zero-order valence-corrected chi connectivity index (χ0v) is 9.01. The molecule has 0 radical (unpaired) electrons. The smallest absolute Gasteiger partial charge is 0.161 e. The number of thiophene rings is 1. The van der Waals surface area contributed by atoms with Gasteiger partial charge in [-0.05, 0) is 23.9 Å². The first-order valence-electron chi connectivity index (χ1n) is 3.25. The first-order chi connectivity index (χ1) is 4.52. The van der Waals surface area contributed by atoms with Crippen LogP contribution in [0.15, 0.2) is 11.4 Å². The Balaban J connectivity index is 3.05. The minimum absolute atomic E-state index is 1.36. The van der Waals surface area contributed by atoms with E-state index in [1.807, 2.05) is 0 Å². The molecule has 1 rings (SSSR count). The van der Waals surface area contributed by atoms with E-state index in [0.717, 1.165) is 0 Å². The molecule has 0 N–H and O–H groups in total. The highest BCUT2D eigenvalue weighted by Crippen LogP contribution is 2.14. The van der Waals surface area contributed by atoms with Crippen molar-refractivity contribution in [3.63, 3.8) is 0 Å². The summed E-state index contributed by atoms with van der Waals surface area (Å²) in [6, 6.07) is 2.14. The third kappa shape index (κ3) is 1.62. The Morgan fingerprint density at radius 2 is 2.10 bits per heavy atom. The van der Waals surface area contributed by atoms with Gasteiger partial charge in [-0.15, -0.1) is 0 Å². The second-order valence-electron chi connectivity index (χ2n) is 2.91. The summed E-state index contributed by atoms with van der Waals surface area (Å²) in [5.41, 5.74) is 1.36. The van der Waals surface area contributed by atoms with Crippen molar-refractivity contribution in [2.75, 3.05) is 0 Å². The van der Waals surface area contributed by atoms with E-state index in [1.165, 1.54) is 10.1 Å². The fourth-order valence-corrected chi connectivity index (χ4v) is 4.84. The quantitative estimate of drug-likeness (QED) is 0.472. The second-order valence-corrected chi connectivity index (χ2v) is 10.5. The van der Waals surface area contributed by atoms with Gasteiger partial charge in [0.25, 0.3) is 0 Å². The van der Waals surface area contributed by atoms with Crippen LogP contribution in [0.3, 0.4) is 0 Å². The van der Waals surface area contributed by atoms with Crippen molar-refractivity contribution < 1.29 is 0 Å². The van der Waals surface area contributed by atoms with Gasteiger partial charge in [-0.1, -0.05) is 13.1 Å². The Labute approximate surface area is 71.6 Å². The van der Waals surface area contributed by atoms with Crippen molar-refractivity contribution in [1.29, 1.82) is 0 Å². The molecule has 0 aliphatic heterocycles. The van der Waals surface area contributed by atoms with Gasteiger partial charge in [0.2, 0.25) is 0 Å². The van der Waals surface area contributed by atoms with Gasteiger partial charge >= 0.3 is 0 Å². The molecule has 0 aromatic carbocycles. The monoisotopic (exact) mass is 190 g/mol. The molecule has 0 spiro atoms. The summed E-state index contributed by atoms with van der Waals surface area (Å²) >= 11 is 8.04. The van der Waals surface area contributed by atoms with Gasteiger partial charge in [-0.3, -0.25) is 0 Å². The predicted octanol–water partition coefficient (Wildman–Crippen LogP) is 2.71. The third-order valence-electron chi connectivity index (χ3n) is 1.40. The molecular formula is C7H11ClSSi. The molecule has 0 saturated carbocycles. The van der Waals surface area contributed by atoms with Gasteiger partial charge in [-0.25, -0.2) is 0 Å². The van der Waals surface area contributed by atoms with Gasteiger partial charge in [0.15, 0.2) is 7.38 Å². The molecule has 0 atom stereocenters. The molecular weight excluding hydrogens is 180 g/mol. The molecule has 0 aliphatic carbocycles. The Bertz CT molecular complexity index is 224. The molecule has 1 aromatic heterocycles. The van der Waals surface area contributed by atoms with E-state index in [1.54, 1.807) is 11.3 Å². The van der Waals surface area contributed by atoms with Crippen LogP contribution in [0.4, 0.5) is 0 Å². The lowest BCUT2D eigenvalue weighted by Gasteiger charge is -2.10. The standard InChI is InChI=1S/C7H11ClSSi/c1-6-4-5-9-7(6)10(2,3)8/h4-5H,1-3H3. The van der Waals surface area contributed by atoms with E-state index in [0.29, 0.717) is 0 Å². The molecule has 1 heterocycles. The first-order valence-corrected chi connectivity index (χ1v) is 8.14. The zero-order chi connectivity index (χ0) is 7.78. The Morgan fingerprint density at radius 1 is 1.50 bits per heavy atom. The average Bonchev–Trinajstić information content (AvgIpc) is 2.11. The Morgan fingerprint density at radius 3 is 2.30 bits per heavy atom. The molecule has 3 heteroatoms. The summed E-state index contributed by atoms with van der Waals surface area (Å²) in [6.45, 7) is 6.45. The predicted molar refractivity (Wildman–Crippen MR) is 52.0 cm³/mol. The number of rotatable bonds is 1. The largest absolute Gasteiger partial charge is 0.191 e. The molecule has 56 valence electrons. The zero-order valence-electron chi connectivity index (χ0n) is 6.44. The molecule has 0 saturated heterocycles. The normalized spacial score (nSPS) is 12.0. The SMILES string of the molecule is Cc1ccsc1[Si](C)(C)Cl. The molecule has 10 heavy (non-hydrogen) atoms. The lowest BCUT2D eigenvalue weighted by Crippen LogP contribution is -2.33. The van der Waals surface area contributed by atoms with Gasteiger partial charge in [0.05, 0.1) is 0 Å². The molecule has 0 unspecified atom stereocenters. The van der Waals surface area contributed by atoms with Crippen molar-refractivity contribution in [3.05, 3.63) is 17.0 Å². The van der Waals surface area contributed by atoms with Gasteiger partial charge in [0.1, 0.15) is 0 Å². The van der Waals surface area contributed by atoms with Gasteiger partial charge in [-0.2, -0.15) is 22.4 Å². The minimum Gasteiger partial charge on any atom is -0.161 e. The molecule has 0 bridgehead atoms. The van der Waals surface area contributed by atoms with E-state index in [9.17, 15) is 0 Å². The summed E-state index contributed by atoms with van der Waals surface area (Å²) in [5.74, 6) is 0. The highest BCUT2D eigenvalue weighted by molar-refractivity contribution is 7.38. The maximum atomic E-state index is 6.25. The summed E-state index contributed by atoms with van der Waals surface area (Å²) < 4.78 is 1.41. The van der Waals surface area contributed by atoms with Crippen molar-refractivity contribution in [1.82, 2.24) is 0 Å². The molecule has 0 amide bonds. The van der Waals surface area contributed by atoms with Crippen molar-refractivity contribution in [3.8, 4) is 0 Å². The van der Waals surface area contributed by atoms with Crippen LogP contribution in [-0.4, -0.2) is 7.38 Å². The third-order valence-corrected chi connectivity index (χ3v) is 6.49. The Kier molecular flexibility index (Phi) is 2.23. The van der Waals surface area contributed by atoms with E-state index in [-0.39, 0.29) is 0 Å². The van der Waals surface area contributed by atoms with Crippen LogP contribution in [-0.2, 0) is 0 Å². The summed E-state index contributed by atoms with van der Waals surface area (Å²) in [5, 5.41) is 2.11. The van der Waals surface area contributed by atoms with Gasteiger partial charge in [0, 0.05) is 4.50 Å². The van der Waals surface area contributed by atoms with E-state index in [4.69, 9.17) is 11.1 Å². The average molecular weight is 191 g/mol. The minimum atomic E-state index is -1.53. The van der Waals surface area contributed by atoms with Crippen LogP contribution >= 0.6 is 22.4 Å². The topological polar surface area (TPSA) is 0 Å². The van der Waals surface area contributed by atoms with Gasteiger partial charge < -0.3 is 0 Å². The van der Waals surface area contributed by atoms with E-state index >= 15 is 0 Å². The van der Waals surface area contributed by atoms with E-state index in [2.05, 4.69) is 31.5 Å². The lowest BCUT2D eigenvalue weighted by molar-refractivity contribution is 1.57. The van der Waals surface area contributed by atoms with Crippen molar-refractivity contribution >= 4 is 34.3 Å². The van der Waals surface area contributed by atoms with E-state index < -0.39 is 7.38 Å². The van der Waals surface area contributed by atoms with Crippen LogP contribution in [0, 0.1) is 6.92 Å². The molecule has 0 nitrogen and oxygen atoms in total. The highest BCUT2D eigenvalue weighted by atomic mass is 35.6. The fraction of sp³-hybridized carbons (Fsp3) is 0.429. The fourth-order valence-electron chi connectivity index (χ4n) is 0.982. The number of halogens is 1. The second kappa shape index (κ2) is 2.68. The molecule has 1 aromatic rings. The highest BCUT2D eigenvalue weighted by Gasteiger charge is 2.23. The van der Waals surface area contributed by atoms with Crippen LogP contribution in [0.2, 0.25) is 13.1 Å². The number of hydrogen-bond acceptors (Lipinski definition) is 1. The molecule has 0 fully saturated rings. The van der Waals surface area contributed by atoms with Crippen LogP contribution < -0.4 is 4.50 Å². The van der Waals surface area contributed by atoms with Crippen LogP contribution in [0.1, 0.15) is 5.56 Å². The maximum Gasteiger partial charge on any atom is 0.191 e. The summed E-state index contributed by atoms with van der Waals surface area (Å²) in [4.78, 5) is 0. The van der Waals surface area contributed by atoms with Crippen molar-refractivity contribution in [2.45, 2.75) is 20.0 Å². The lowest BCUT2D eigenvalue weighted by atomic mass is 10.4. The van der Waals surface area contributed by atoms with Crippen molar-refractivity contribution in [2.24, 2.45) is 0 Å². The number of hydrogen-bond donors (Lipinski definition) is 0. The number of aryl methyl sites for hydroxylation is 1. The first kappa shape index (κ1) is 8.30. The summed E-state index contributed by atoms with van der Waals surface area (Å²) in [6.07, 6.45) is 0. The molecule has 0 aliphatic rings. The summed E-state index contributed by atoms with van der Waals surface area (Å²) in [7, 11) is -1.53. The Hall–Kier alpha value is 0.207. The van der Waals surface area contributed by atoms with Crippen LogP contribution in [0.25, 0.3) is 0 Å². The van der Waals surface area contributed by atoms with Crippen LogP contribution in [0.5, 0.6) is 0 Å². The maximum absolute atomic E-state index is 6.25.